The van der Waals surface area contributed by atoms with Crippen LogP contribution in [0, 0.1) is 19.7 Å². The fraction of sp³-hybridized carbons (Fsp3) is 0.333. The number of halogens is 1. The van der Waals surface area contributed by atoms with Crippen LogP contribution in [0.15, 0.2) is 35.6 Å². The maximum Gasteiger partial charge on any atom is 0.264 e. The number of hydrogen-bond donors (Lipinski definition) is 1. The molecule has 0 spiro atoms. The van der Waals surface area contributed by atoms with Crippen molar-refractivity contribution in [2.24, 2.45) is 0 Å². The molecule has 1 aromatic carbocycles. The van der Waals surface area contributed by atoms with Gasteiger partial charge in [-0.25, -0.2) is 14.4 Å². The van der Waals surface area contributed by atoms with E-state index in [0.29, 0.717) is 16.8 Å². The van der Waals surface area contributed by atoms with Gasteiger partial charge in [-0.05, 0) is 51.9 Å². The lowest BCUT2D eigenvalue weighted by molar-refractivity contribution is 0.359. The van der Waals surface area contributed by atoms with Gasteiger partial charge in [-0.1, -0.05) is 0 Å². The molecule has 0 bridgehead atoms. The minimum Gasteiger partial charge on any atom is -0.317 e. The Morgan fingerprint density at radius 3 is 2.72 bits per heavy atom. The summed E-state index contributed by atoms with van der Waals surface area (Å²) < 4.78 is 18.5. The number of rotatable bonds is 2. The maximum absolute atomic E-state index is 15.0. The number of nitrogens with one attached hydrogen (secondary N) is 1. The molecule has 0 amide bonds. The summed E-state index contributed by atoms with van der Waals surface area (Å²) in [5.41, 5.74) is 3.63. The number of nitrogens with zero attached hydrogens (tertiary/aromatic N) is 5. The zero-order valence-electron chi connectivity index (χ0n) is 16.3. The zero-order valence-corrected chi connectivity index (χ0v) is 16.3. The van der Waals surface area contributed by atoms with Crippen LogP contribution < -0.4 is 10.9 Å². The lowest BCUT2D eigenvalue weighted by Crippen LogP contribution is -2.34. The number of aromatic nitrogens is 5. The minimum absolute atomic E-state index is 0.0345. The Bertz CT molecular complexity index is 1300. The van der Waals surface area contributed by atoms with E-state index in [0.717, 1.165) is 43.0 Å². The van der Waals surface area contributed by atoms with E-state index in [9.17, 15) is 4.79 Å². The molecule has 3 aromatic heterocycles. The molecule has 4 aromatic rings. The van der Waals surface area contributed by atoms with Crippen molar-refractivity contribution in [2.75, 3.05) is 13.1 Å². The second-order valence-electron chi connectivity index (χ2n) is 7.62. The van der Waals surface area contributed by atoms with Crippen molar-refractivity contribution >= 4 is 16.6 Å². The molecule has 0 atom stereocenters. The van der Waals surface area contributed by atoms with Crippen molar-refractivity contribution < 1.29 is 4.39 Å². The van der Waals surface area contributed by atoms with E-state index in [1.807, 2.05) is 30.6 Å². The SMILES string of the molecule is Cc1cn2cc(-c3cc(F)c4c(=O)n(C5CCNCC5)cnc4c3)nc2c(C)n1. The van der Waals surface area contributed by atoms with Crippen molar-refractivity contribution in [3.8, 4) is 11.3 Å². The maximum atomic E-state index is 15.0. The van der Waals surface area contributed by atoms with Crippen LogP contribution in [-0.2, 0) is 0 Å². The Hall–Kier alpha value is -3.13. The van der Waals surface area contributed by atoms with Crippen molar-refractivity contribution in [3.63, 3.8) is 0 Å². The number of hydrogen-bond acceptors (Lipinski definition) is 5. The molecule has 0 unspecified atom stereocenters. The van der Waals surface area contributed by atoms with Gasteiger partial charge in [0.1, 0.15) is 11.2 Å². The van der Waals surface area contributed by atoms with E-state index in [1.165, 1.54) is 6.07 Å². The zero-order chi connectivity index (χ0) is 20.1. The van der Waals surface area contributed by atoms with Gasteiger partial charge in [0.05, 0.1) is 28.9 Å². The van der Waals surface area contributed by atoms with Crippen LogP contribution in [0.3, 0.4) is 0 Å². The standard InChI is InChI=1S/C21H21FN6O/c1-12-9-27-10-18(26-20(27)13(2)25-12)14-7-16(22)19-17(8-14)24-11-28(21(19)29)15-3-5-23-6-4-15/h7-11,15,23H,3-6H2,1-2H3. The highest BCUT2D eigenvalue weighted by Crippen LogP contribution is 2.26. The van der Waals surface area contributed by atoms with Crippen LogP contribution in [0.2, 0.25) is 0 Å². The van der Waals surface area contributed by atoms with Crippen molar-refractivity contribution in [1.29, 1.82) is 0 Å². The summed E-state index contributed by atoms with van der Waals surface area (Å²) in [7, 11) is 0. The van der Waals surface area contributed by atoms with Crippen LogP contribution in [-0.4, -0.2) is 37.0 Å². The van der Waals surface area contributed by atoms with Crippen LogP contribution in [0.4, 0.5) is 4.39 Å². The van der Waals surface area contributed by atoms with Gasteiger partial charge in [-0.2, -0.15) is 0 Å². The molecule has 1 fully saturated rings. The monoisotopic (exact) mass is 392 g/mol. The third-order valence-electron chi connectivity index (χ3n) is 5.56. The number of benzene rings is 1. The molecule has 29 heavy (non-hydrogen) atoms. The smallest absolute Gasteiger partial charge is 0.264 e. The predicted molar refractivity (Wildman–Crippen MR) is 109 cm³/mol. The Labute approximate surface area is 166 Å². The average molecular weight is 392 g/mol. The van der Waals surface area contributed by atoms with Crippen molar-refractivity contribution in [1.82, 2.24) is 29.2 Å². The highest BCUT2D eigenvalue weighted by atomic mass is 19.1. The lowest BCUT2D eigenvalue weighted by Gasteiger charge is -2.24. The molecule has 148 valence electrons. The second-order valence-corrected chi connectivity index (χ2v) is 7.62. The van der Waals surface area contributed by atoms with Gasteiger partial charge in [-0.15, -0.1) is 0 Å². The summed E-state index contributed by atoms with van der Waals surface area (Å²) in [6, 6.07) is 3.15. The van der Waals surface area contributed by atoms with E-state index in [1.54, 1.807) is 17.0 Å². The van der Waals surface area contributed by atoms with Crippen LogP contribution in [0.25, 0.3) is 27.8 Å². The largest absolute Gasteiger partial charge is 0.317 e. The average Bonchev–Trinajstić information content (AvgIpc) is 3.13. The van der Waals surface area contributed by atoms with Gasteiger partial charge in [0.15, 0.2) is 5.65 Å². The minimum atomic E-state index is -0.568. The van der Waals surface area contributed by atoms with E-state index >= 15 is 4.39 Å². The molecule has 1 aliphatic rings. The Balaban J connectivity index is 1.64. The quantitative estimate of drug-likeness (QED) is 0.568. The van der Waals surface area contributed by atoms with E-state index in [4.69, 9.17) is 0 Å². The number of piperidine rings is 1. The van der Waals surface area contributed by atoms with Gasteiger partial charge in [-0.3, -0.25) is 14.3 Å². The van der Waals surface area contributed by atoms with E-state index in [2.05, 4.69) is 20.3 Å². The Morgan fingerprint density at radius 2 is 1.93 bits per heavy atom. The molecule has 8 heteroatoms. The predicted octanol–water partition coefficient (Wildman–Crippen LogP) is 2.79. The Morgan fingerprint density at radius 1 is 1.14 bits per heavy atom. The van der Waals surface area contributed by atoms with Gasteiger partial charge < -0.3 is 9.72 Å². The first kappa shape index (κ1) is 17.9. The molecule has 1 aliphatic heterocycles. The highest BCUT2D eigenvalue weighted by molar-refractivity contribution is 5.83. The van der Waals surface area contributed by atoms with Crippen molar-refractivity contribution in [2.45, 2.75) is 32.7 Å². The van der Waals surface area contributed by atoms with Gasteiger partial charge in [0.25, 0.3) is 5.56 Å². The fourth-order valence-electron chi connectivity index (χ4n) is 4.15. The molecule has 0 radical (unpaired) electrons. The van der Waals surface area contributed by atoms with Gasteiger partial charge >= 0.3 is 0 Å². The summed E-state index contributed by atoms with van der Waals surface area (Å²) in [6.45, 7) is 5.50. The first-order valence-corrected chi connectivity index (χ1v) is 9.76. The molecule has 1 N–H and O–H groups in total. The molecule has 1 saturated heterocycles. The highest BCUT2D eigenvalue weighted by Gasteiger charge is 2.20. The van der Waals surface area contributed by atoms with Gasteiger partial charge in [0, 0.05) is 24.0 Å². The van der Waals surface area contributed by atoms with Crippen LogP contribution >= 0.6 is 0 Å². The molecule has 0 saturated carbocycles. The number of imidazole rings is 1. The van der Waals surface area contributed by atoms with E-state index in [-0.39, 0.29) is 17.0 Å². The first-order valence-electron chi connectivity index (χ1n) is 9.76. The summed E-state index contributed by atoms with van der Waals surface area (Å²) in [4.78, 5) is 26.4. The third kappa shape index (κ3) is 3.00. The summed E-state index contributed by atoms with van der Waals surface area (Å²) >= 11 is 0. The lowest BCUT2D eigenvalue weighted by atomic mass is 10.1. The van der Waals surface area contributed by atoms with Gasteiger partial charge in [0.2, 0.25) is 0 Å². The van der Waals surface area contributed by atoms with Crippen molar-refractivity contribution in [3.05, 3.63) is 58.4 Å². The molecular formula is C21H21FN6O. The van der Waals surface area contributed by atoms with Crippen LogP contribution in [0.1, 0.15) is 30.3 Å². The number of aryl methyl sites for hydroxylation is 2. The number of fused-ring (bicyclic) bond motifs is 2. The normalized spacial score (nSPS) is 15.4. The molecule has 5 rings (SSSR count). The first-order chi connectivity index (χ1) is 14.0. The summed E-state index contributed by atoms with van der Waals surface area (Å²) in [5, 5.41) is 3.31. The topological polar surface area (TPSA) is 77.1 Å². The van der Waals surface area contributed by atoms with Crippen LogP contribution in [0.5, 0.6) is 0 Å². The molecular weight excluding hydrogens is 371 g/mol. The second kappa shape index (κ2) is 6.73. The molecule has 4 heterocycles. The fourth-order valence-corrected chi connectivity index (χ4v) is 4.15. The third-order valence-corrected chi connectivity index (χ3v) is 5.56. The summed E-state index contributed by atoms with van der Waals surface area (Å²) in [6.07, 6.45) is 6.94. The molecule has 7 nitrogen and oxygen atoms in total. The van der Waals surface area contributed by atoms with E-state index < -0.39 is 5.82 Å². The summed E-state index contributed by atoms with van der Waals surface area (Å²) in [5.74, 6) is -0.568. The Kier molecular flexibility index (Phi) is 4.16. The molecule has 0 aliphatic carbocycles.